The SMILES string of the molecule is COC(=O)C(N)Cc1cn(-c2ccccc2)nc1C. The average molecular weight is 259 g/mol. The number of aryl methyl sites for hydroxylation is 1. The number of hydrogen-bond donors (Lipinski definition) is 1. The summed E-state index contributed by atoms with van der Waals surface area (Å²) in [4.78, 5) is 11.3. The van der Waals surface area contributed by atoms with E-state index in [-0.39, 0.29) is 0 Å². The Hall–Kier alpha value is -2.14. The molecular formula is C14H17N3O2. The maximum absolute atomic E-state index is 11.3. The van der Waals surface area contributed by atoms with Crippen molar-refractivity contribution in [1.29, 1.82) is 0 Å². The second-order valence-corrected chi connectivity index (χ2v) is 4.35. The monoisotopic (exact) mass is 259 g/mol. The maximum atomic E-state index is 11.3. The number of aromatic nitrogens is 2. The standard InChI is InChI=1S/C14H17N3O2/c1-10-11(8-13(15)14(18)19-2)9-17(16-10)12-6-4-3-5-7-12/h3-7,9,13H,8,15H2,1-2H3. The van der Waals surface area contributed by atoms with Crippen LogP contribution in [0.25, 0.3) is 5.69 Å². The molecule has 1 atom stereocenters. The van der Waals surface area contributed by atoms with Gasteiger partial charge in [0.05, 0.1) is 18.5 Å². The van der Waals surface area contributed by atoms with Gasteiger partial charge < -0.3 is 10.5 Å². The number of hydrogen-bond acceptors (Lipinski definition) is 4. The maximum Gasteiger partial charge on any atom is 0.322 e. The van der Waals surface area contributed by atoms with Gasteiger partial charge in [0.15, 0.2) is 0 Å². The van der Waals surface area contributed by atoms with E-state index in [1.54, 1.807) is 4.68 Å². The van der Waals surface area contributed by atoms with Crippen molar-refractivity contribution in [2.45, 2.75) is 19.4 Å². The lowest BCUT2D eigenvalue weighted by molar-refractivity contribution is -0.142. The van der Waals surface area contributed by atoms with E-state index in [0.29, 0.717) is 6.42 Å². The van der Waals surface area contributed by atoms with Gasteiger partial charge in [0.2, 0.25) is 0 Å². The van der Waals surface area contributed by atoms with Crippen LogP contribution in [0.4, 0.5) is 0 Å². The highest BCUT2D eigenvalue weighted by Crippen LogP contribution is 2.13. The summed E-state index contributed by atoms with van der Waals surface area (Å²) in [7, 11) is 1.34. The van der Waals surface area contributed by atoms with Crippen molar-refractivity contribution in [3.63, 3.8) is 0 Å². The number of ether oxygens (including phenoxy) is 1. The van der Waals surface area contributed by atoms with E-state index in [1.165, 1.54) is 7.11 Å². The minimum Gasteiger partial charge on any atom is -0.468 e. The van der Waals surface area contributed by atoms with Gasteiger partial charge in [0, 0.05) is 12.6 Å². The third-order valence-corrected chi connectivity index (χ3v) is 2.97. The summed E-state index contributed by atoms with van der Waals surface area (Å²) in [6.45, 7) is 1.90. The van der Waals surface area contributed by atoms with Crippen molar-refractivity contribution in [3.05, 3.63) is 47.8 Å². The van der Waals surface area contributed by atoms with E-state index in [9.17, 15) is 4.79 Å². The van der Waals surface area contributed by atoms with Gasteiger partial charge in [-0.3, -0.25) is 4.79 Å². The number of benzene rings is 1. The fourth-order valence-corrected chi connectivity index (χ4v) is 1.88. The average Bonchev–Trinajstić information content (AvgIpc) is 2.80. The summed E-state index contributed by atoms with van der Waals surface area (Å²) in [6.07, 6.45) is 2.32. The minimum absolute atomic E-state index is 0.410. The molecule has 0 aliphatic rings. The minimum atomic E-state index is -0.655. The highest BCUT2D eigenvalue weighted by Gasteiger charge is 2.17. The quantitative estimate of drug-likeness (QED) is 0.838. The van der Waals surface area contributed by atoms with Gasteiger partial charge in [-0.05, 0) is 24.6 Å². The number of nitrogens with zero attached hydrogens (tertiary/aromatic N) is 2. The van der Waals surface area contributed by atoms with Crippen molar-refractivity contribution in [2.75, 3.05) is 7.11 Å². The summed E-state index contributed by atoms with van der Waals surface area (Å²) in [5, 5.41) is 4.43. The van der Waals surface area contributed by atoms with Crippen LogP contribution in [0.2, 0.25) is 0 Å². The molecule has 2 N–H and O–H groups in total. The molecule has 0 saturated heterocycles. The molecule has 0 saturated carbocycles. The fraction of sp³-hybridized carbons (Fsp3) is 0.286. The number of para-hydroxylation sites is 1. The molecule has 1 heterocycles. The summed E-state index contributed by atoms with van der Waals surface area (Å²) in [5.41, 5.74) is 8.55. The van der Waals surface area contributed by atoms with Crippen molar-refractivity contribution in [1.82, 2.24) is 9.78 Å². The highest BCUT2D eigenvalue weighted by molar-refractivity contribution is 5.75. The van der Waals surface area contributed by atoms with Crippen LogP contribution in [-0.4, -0.2) is 28.9 Å². The Morgan fingerprint density at radius 3 is 2.74 bits per heavy atom. The summed E-state index contributed by atoms with van der Waals surface area (Å²) in [6, 6.07) is 9.14. The first-order valence-electron chi connectivity index (χ1n) is 6.06. The molecule has 0 fully saturated rings. The van der Waals surface area contributed by atoms with Gasteiger partial charge in [0.25, 0.3) is 0 Å². The van der Waals surface area contributed by atoms with E-state index in [2.05, 4.69) is 9.84 Å². The molecule has 100 valence electrons. The Morgan fingerprint density at radius 2 is 2.11 bits per heavy atom. The Kier molecular flexibility index (Phi) is 3.97. The topological polar surface area (TPSA) is 70.1 Å². The molecule has 0 bridgehead atoms. The van der Waals surface area contributed by atoms with Gasteiger partial charge in [-0.15, -0.1) is 0 Å². The van der Waals surface area contributed by atoms with Gasteiger partial charge in [-0.1, -0.05) is 18.2 Å². The number of rotatable bonds is 4. The van der Waals surface area contributed by atoms with Crippen LogP contribution in [0.3, 0.4) is 0 Å². The number of methoxy groups -OCH3 is 1. The zero-order valence-corrected chi connectivity index (χ0v) is 11.0. The number of nitrogens with two attached hydrogens (primary N) is 1. The first-order valence-corrected chi connectivity index (χ1v) is 6.06. The lowest BCUT2D eigenvalue weighted by Gasteiger charge is -2.07. The molecule has 19 heavy (non-hydrogen) atoms. The Balaban J connectivity index is 2.20. The van der Waals surface area contributed by atoms with Crippen molar-refractivity contribution in [3.8, 4) is 5.69 Å². The van der Waals surface area contributed by atoms with Crippen LogP contribution in [0, 0.1) is 6.92 Å². The molecule has 0 radical (unpaired) electrons. The molecule has 1 aromatic carbocycles. The summed E-state index contributed by atoms with van der Waals surface area (Å²) in [5.74, 6) is -0.410. The van der Waals surface area contributed by atoms with Crippen molar-refractivity contribution >= 4 is 5.97 Å². The highest BCUT2D eigenvalue weighted by atomic mass is 16.5. The predicted octanol–water partition coefficient (Wildman–Crippen LogP) is 1.22. The second-order valence-electron chi connectivity index (χ2n) is 4.35. The van der Waals surface area contributed by atoms with Crippen LogP contribution in [0.15, 0.2) is 36.5 Å². The van der Waals surface area contributed by atoms with Gasteiger partial charge in [-0.2, -0.15) is 5.10 Å². The van der Waals surface area contributed by atoms with Gasteiger partial charge >= 0.3 is 5.97 Å². The molecule has 1 unspecified atom stereocenters. The Morgan fingerprint density at radius 1 is 1.42 bits per heavy atom. The van der Waals surface area contributed by atoms with E-state index in [4.69, 9.17) is 5.73 Å². The molecule has 1 aromatic heterocycles. The molecule has 0 aliphatic carbocycles. The molecule has 5 nitrogen and oxygen atoms in total. The molecule has 2 rings (SSSR count). The van der Waals surface area contributed by atoms with Crippen LogP contribution in [0.5, 0.6) is 0 Å². The third kappa shape index (κ3) is 3.00. The van der Waals surface area contributed by atoms with E-state index >= 15 is 0 Å². The Bertz CT molecular complexity index is 563. The van der Waals surface area contributed by atoms with Crippen LogP contribution < -0.4 is 5.73 Å². The largest absolute Gasteiger partial charge is 0.468 e. The summed E-state index contributed by atoms with van der Waals surface area (Å²) < 4.78 is 6.41. The van der Waals surface area contributed by atoms with E-state index < -0.39 is 12.0 Å². The van der Waals surface area contributed by atoms with Crippen LogP contribution >= 0.6 is 0 Å². The second kappa shape index (κ2) is 5.67. The molecular weight excluding hydrogens is 242 g/mol. The molecule has 0 amide bonds. The fourth-order valence-electron chi connectivity index (χ4n) is 1.88. The van der Waals surface area contributed by atoms with Gasteiger partial charge in [0.1, 0.15) is 6.04 Å². The zero-order valence-electron chi connectivity index (χ0n) is 11.0. The third-order valence-electron chi connectivity index (χ3n) is 2.97. The molecule has 2 aromatic rings. The van der Waals surface area contributed by atoms with Crippen LogP contribution in [0.1, 0.15) is 11.3 Å². The van der Waals surface area contributed by atoms with Gasteiger partial charge in [-0.25, -0.2) is 4.68 Å². The van der Waals surface area contributed by atoms with E-state index in [0.717, 1.165) is 16.9 Å². The summed E-state index contributed by atoms with van der Waals surface area (Å²) >= 11 is 0. The number of carbonyl (C=O) groups is 1. The smallest absolute Gasteiger partial charge is 0.322 e. The number of esters is 1. The molecule has 5 heteroatoms. The van der Waals surface area contributed by atoms with Crippen LogP contribution in [-0.2, 0) is 16.0 Å². The first-order chi connectivity index (χ1) is 9.11. The zero-order chi connectivity index (χ0) is 13.8. The first kappa shape index (κ1) is 13.3. The molecule has 0 aliphatic heterocycles. The Labute approximate surface area is 112 Å². The normalized spacial score (nSPS) is 12.2. The predicted molar refractivity (Wildman–Crippen MR) is 72.0 cm³/mol. The van der Waals surface area contributed by atoms with Crippen molar-refractivity contribution < 1.29 is 9.53 Å². The lowest BCUT2D eigenvalue weighted by atomic mass is 10.1. The van der Waals surface area contributed by atoms with Crippen molar-refractivity contribution in [2.24, 2.45) is 5.73 Å². The van der Waals surface area contributed by atoms with E-state index in [1.807, 2.05) is 43.5 Å². The number of carbonyl (C=O) groups excluding carboxylic acids is 1. The molecule has 0 spiro atoms. The lowest BCUT2D eigenvalue weighted by Crippen LogP contribution is -2.33.